The number of piperazine rings is 1. The normalized spacial score (nSPS) is 17.4. The fourth-order valence-corrected chi connectivity index (χ4v) is 2.63. The van der Waals surface area contributed by atoms with E-state index in [1.807, 2.05) is 7.05 Å². The smallest absolute Gasteiger partial charge is 0.0515 e. The van der Waals surface area contributed by atoms with Crippen LogP contribution in [0.25, 0.3) is 0 Å². The predicted molar refractivity (Wildman–Crippen MR) is 92.6 cm³/mol. The van der Waals surface area contributed by atoms with Crippen molar-refractivity contribution in [3.63, 3.8) is 0 Å². The van der Waals surface area contributed by atoms with Gasteiger partial charge in [0.2, 0.25) is 0 Å². The zero-order chi connectivity index (χ0) is 15.5. The Morgan fingerprint density at radius 2 is 1.67 bits per heavy atom. The number of hydrogen-bond acceptors (Lipinski definition) is 5. The summed E-state index contributed by atoms with van der Waals surface area (Å²) in [5.74, 6) is 0. The molecule has 1 rings (SSSR count). The first-order valence-corrected chi connectivity index (χ1v) is 8.45. The molecule has 124 valence electrons. The van der Waals surface area contributed by atoms with Crippen molar-refractivity contribution in [3.8, 4) is 0 Å². The van der Waals surface area contributed by atoms with Crippen LogP contribution in [0.2, 0.25) is 0 Å². The van der Waals surface area contributed by atoms with Crippen LogP contribution in [0, 0.1) is 0 Å². The Balaban J connectivity index is 2.13. The molecule has 0 aromatic rings. The molecule has 0 aliphatic carbocycles. The van der Waals surface area contributed by atoms with Gasteiger partial charge in [-0.15, -0.1) is 0 Å². The number of hydrogen-bond donors (Lipinski definition) is 1. The molecule has 0 aromatic heterocycles. The van der Waals surface area contributed by atoms with Crippen LogP contribution in [0.15, 0.2) is 4.99 Å². The molecule has 0 bridgehead atoms. The summed E-state index contributed by atoms with van der Waals surface area (Å²) >= 11 is 0. The lowest BCUT2D eigenvalue weighted by Gasteiger charge is -2.35. The second-order valence-electron chi connectivity index (χ2n) is 6.05. The molecule has 0 atom stereocenters. The molecule has 0 aromatic carbocycles. The highest BCUT2D eigenvalue weighted by Crippen LogP contribution is 2.02. The van der Waals surface area contributed by atoms with Crippen molar-refractivity contribution in [2.75, 3.05) is 79.0 Å². The lowest BCUT2D eigenvalue weighted by atomic mass is 10.3. The summed E-state index contributed by atoms with van der Waals surface area (Å²) < 4.78 is 0. The van der Waals surface area contributed by atoms with Crippen molar-refractivity contribution in [1.82, 2.24) is 20.0 Å². The van der Waals surface area contributed by atoms with E-state index in [4.69, 9.17) is 0 Å². The SMILES string of the molecule is CCN(CCNC)CCN1CCN(CCN=C(C)C)CC1. The summed E-state index contributed by atoms with van der Waals surface area (Å²) in [6.45, 7) is 19.1. The third-order valence-corrected chi connectivity index (χ3v) is 4.17. The van der Waals surface area contributed by atoms with E-state index in [2.05, 4.69) is 45.8 Å². The lowest BCUT2D eigenvalue weighted by Crippen LogP contribution is -2.49. The summed E-state index contributed by atoms with van der Waals surface area (Å²) in [7, 11) is 2.02. The molecule has 1 saturated heterocycles. The maximum Gasteiger partial charge on any atom is 0.0515 e. The van der Waals surface area contributed by atoms with E-state index < -0.39 is 0 Å². The third kappa shape index (κ3) is 8.51. The summed E-state index contributed by atoms with van der Waals surface area (Å²) in [6.07, 6.45) is 0. The van der Waals surface area contributed by atoms with Gasteiger partial charge in [0.15, 0.2) is 0 Å². The molecule has 5 heteroatoms. The Bertz CT molecular complexity index is 280. The minimum Gasteiger partial charge on any atom is -0.318 e. The van der Waals surface area contributed by atoms with Crippen LogP contribution in [0.4, 0.5) is 0 Å². The molecule has 0 saturated carbocycles. The van der Waals surface area contributed by atoms with Crippen LogP contribution in [0.1, 0.15) is 20.8 Å². The van der Waals surface area contributed by atoms with Gasteiger partial charge in [-0.1, -0.05) is 6.92 Å². The number of nitrogens with one attached hydrogen (secondary N) is 1. The van der Waals surface area contributed by atoms with Gasteiger partial charge in [-0.05, 0) is 27.4 Å². The maximum absolute atomic E-state index is 4.49. The minimum absolute atomic E-state index is 0.954. The third-order valence-electron chi connectivity index (χ3n) is 4.17. The fourth-order valence-electron chi connectivity index (χ4n) is 2.63. The van der Waals surface area contributed by atoms with Crippen LogP contribution >= 0.6 is 0 Å². The molecule has 21 heavy (non-hydrogen) atoms. The average molecular weight is 297 g/mol. The Labute approximate surface area is 131 Å². The van der Waals surface area contributed by atoms with Gasteiger partial charge >= 0.3 is 0 Å². The Morgan fingerprint density at radius 1 is 1.05 bits per heavy atom. The second kappa shape index (κ2) is 11.1. The van der Waals surface area contributed by atoms with Crippen molar-refractivity contribution in [2.45, 2.75) is 20.8 Å². The number of aliphatic imine (C=N–C) groups is 1. The first kappa shape index (κ1) is 18.6. The number of likely N-dealkylation sites (N-methyl/N-ethyl adjacent to an activating group) is 2. The predicted octanol–water partition coefficient (Wildman–Crippen LogP) is 0.626. The van der Waals surface area contributed by atoms with E-state index in [1.165, 1.54) is 45.0 Å². The van der Waals surface area contributed by atoms with Crippen molar-refractivity contribution in [2.24, 2.45) is 4.99 Å². The van der Waals surface area contributed by atoms with E-state index in [0.717, 1.165) is 32.7 Å². The zero-order valence-corrected chi connectivity index (χ0v) is 14.6. The molecule has 1 N–H and O–H groups in total. The van der Waals surface area contributed by atoms with Crippen molar-refractivity contribution in [3.05, 3.63) is 0 Å². The quantitative estimate of drug-likeness (QED) is 0.600. The van der Waals surface area contributed by atoms with Gasteiger partial charge in [0.05, 0.1) is 6.54 Å². The summed E-state index contributed by atoms with van der Waals surface area (Å²) in [5, 5.41) is 3.23. The monoisotopic (exact) mass is 297 g/mol. The first-order valence-electron chi connectivity index (χ1n) is 8.45. The molecule has 0 spiro atoms. The molecule has 5 nitrogen and oxygen atoms in total. The maximum atomic E-state index is 4.49. The van der Waals surface area contributed by atoms with Crippen molar-refractivity contribution in [1.29, 1.82) is 0 Å². The standard InChI is InChI=1S/C16H35N5/c1-5-19(8-6-17-4)10-11-21-14-12-20(13-15-21)9-7-18-16(2)3/h17H,5-15H2,1-4H3. The van der Waals surface area contributed by atoms with Gasteiger partial charge in [0, 0.05) is 64.6 Å². The molecule has 0 radical (unpaired) electrons. The first-order chi connectivity index (χ1) is 10.2. The zero-order valence-electron chi connectivity index (χ0n) is 14.6. The summed E-state index contributed by atoms with van der Waals surface area (Å²) in [5.41, 5.74) is 1.19. The average Bonchev–Trinajstić information content (AvgIpc) is 2.48. The molecular weight excluding hydrogens is 262 g/mol. The van der Waals surface area contributed by atoms with Gasteiger partial charge in [-0.3, -0.25) is 14.8 Å². The Kier molecular flexibility index (Phi) is 9.83. The van der Waals surface area contributed by atoms with Crippen LogP contribution in [-0.2, 0) is 0 Å². The highest BCUT2D eigenvalue weighted by molar-refractivity contribution is 5.79. The highest BCUT2D eigenvalue weighted by Gasteiger charge is 2.16. The van der Waals surface area contributed by atoms with Gasteiger partial charge in [-0.25, -0.2) is 0 Å². The van der Waals surface area contributed by atoms with Crippen molar-refractivity contribution < 1.29 is 0 Å². The molecule has 1 fully saturated rings. The van der Waals surface area contributed by atoms with E-state index in [9.17, 15) is 0 Å². The molecule has 1 aliphatic rings. The van der Waals surface area contributed by atoms with Crippen LogP contribution < -0.4 is 5.32 Å². The van der Waals surface area contributed by atoms with Gasteiger partial charge in [-0.2, -0.15) is 0 Å². The van der Waals surface area contributed by atoms with E-state index in [1.54, 1.807) is 0 Å². The van der Waals surface area contributed by atoms with Gasteiger partial charge < -0.3 is 10.2 Å². The Morgan fingerprint density at radius 3 is 2.19 bits per heavy atom. The second-order valence-corrected chi connectivity index (χ2v) is 6.05. The van der Waals surface area contributed by atoms with Gasteiger partial charge in [0.1, 0.15) is 0 Å². The largest absolute Gasteiger partial charge is 0.318 e. The summed E-state index contributed by atoms with van der Waals surface area (Å²) in [6, 6.07) is 0. The van der Waals surface area contributed by atoms with E-state index in [0.29, 0.717) is 0 Å². The fraction of sp³-hybridized carbons (Fsp3) is 0.938. The minimum atomic E-state index is 0.954. The number of rotatable bonds is 10. The number of nitrogens with zero attached hydrogens (tertiary/aromatic N) is 4. The molecule has 0 amide bonds. The summed E-state index contributed by atoms with van der Waals surface area (Å²) in [4.78, 5) is 12.2. The molecule has 0 unspecified atom stereocenters. The molecule has 1 aliphatic heterocycles. The van der Waals surface area contributed by atoms with Gasteiger partial charge in [0.25, 0.3) is 0 Å². The van der Waals surface area contributed by atoms with Crippen LogP contribution in [-0.4, -0.2) is 99.5 Å². The van der Waals surface area contributed by atoms with Crippen LogP contribution in [0.5, 0.6) is 0 Å². The highest BCUT2D eigenvalue weighted by atomic mass is 15.3. The van der Waals surface area contributed by atoms with E-state index in [-0.39, 0.29) is 0 Å². The topological polar surface area (TPSA) is 34.1 Å². The molecular formula is C16H35N5. The lowest BCUT2D eigenvalue weighted by molar-refractivity contribution is 0.122. The van der Waals surface area contributed by atoms with Crippen molar-refractivity contribution >= 4 is 5.71 Å². The van der Waals surface area contributed by atoms with Crippen LogP contribution in [0.3, 0.4) is 0 Å². The molecule has 1 heterocycles. The van der Waals surface area contributed by atoms with E-state index >= 15 is 0 Å². The Hall–Kier alpha value is -0.490.